The quantitative estimate of drug-likeness (QED) is 0.869. The third-order valence-electron chi connectivity index (χ3n) is 3.13. The number of carbonyl (C=O) groups is 2. The van der Waals surface area contributed by atoms with Crippen LogP contribution in [0.1, 0.15) is 19.3 Å². The Morgan fingerprint density at radius 3 is 2.76 bits per heavy atom. The zero-order valence-corrected chi connectivity index (χ0v) is 12.8. The molecular formula is C14H16Cl2N2O3. The van der Waals surface area contributed by atoms with Gasteiger partial charge in [-0.25, -0.2) is 0 Å². The van der Waals surface area contributed by atoms with Crippen LogP contribution in [0.15, 0.2) is 18.2 Å². The number of piperidine rings is 1. The van der Waals surface area contributed by atoms with Crippen molar-refractivity contribution in [1.29, 1.82) is 0 Å². The van der Waals surface area contributed by atoms with Gasteiger partial charge in [-0.15, -0.1) is 0 Å². The van der Waals surface area contributed by atoms with Crippen LogP contribution in [0.25, 0.3) is 0 Å². The lowest BCUT2D eigenvalue weighted by Crippen LogP contribution is -2.46. The second-order valence-electron chi connectivity index (χ2n) is 4.80. The van der Waals surface area contributed by atoms with E-state index < -0.39 is 0 Å². The van der Waals surface area contributed by atoms with Gasteiger partial charge in [-0.1, -0.05) is 29.3 Å². The standard InChI is InChI=1S/C14H16Cl2N2O3/c15-10-4-2-5-11(16)14(10)21-8-13(20)17-7-9-3-1-6-12(19)18-9/h2,4-5,9H,1,3,6-8H2,(H,17,20)(H,18,19)/t9-/m1/s1. The molecule has 0 aliphatic carbocycles. The molecule has 1 heterocycles. The highest BCUT2D eigenvalue weighted by atomic mass is 35.5. The fraction of sp³-hybridized carbons (Fsp3) is 0.429. The molecule has 0 aromatic heterocycles. The molecule has 0 unspecified atom stereocenters. The molecule has 5 nitrogen and oxygen atoms in total. The highest BCUT2D eigenvalue weighted by molar-refractivity contribution is 6.37. The zero-order valence-electron chi connectivity index (χ0n) is 11.3. The van der Waals surface area contributed by atoms with Crippen LogP contribution in [0.2, 0.25) is 10.0 Å². The van der Waals surface area contributed by atoms with Crippen LogP contribution in [0, 0.1) is 0 Å². The van der Waals surface area contributed by atoms with Gasteiger partial charge in [0.2, 0.25) is 5.91 Å². The first-order valence-electron chi connectivity index (χ1n) is 6.69. The molecular weight excluding hydrogens is 315 g/mol. The first-order valence-corrected chi connectivity index (χ1v) is 7.44. The van der Waals surface area contributed by atoms with Crippen LogP contribution in [0.5, 0.6) is 5.75 Å². The van der Waals surface area contributed by atoms with E-state index in [-0.39, 0.29) is 24.5 Å². The normalized spacial score (nSPS) is 18.0. The van der Waals surface area contributed by atoms with E-state index in [4.69, 9.17) is 27.9 Å². The number of ether oxygens (including phenoxy) is 1. The molecule has 1 aliphatic rings. The molecule has 0 radical (unpaired) electrons. The van der Waals surface area contributed by atoms with E-state index in [2.05, 4.69) is 10.6 Å². The van der Waals surface area contributed by atoms with E-state index in [0.717, 1.165) is 12.8 Å². The van der Waals surface area contributed by atoms with Gasteiger partial charge in [-0.05, 0) is 25.0 Å². The number of amides is 2. The van der Waals surface area contributed by atoms with Gasteiger partial charge in [-0.3, -0.25) is 9.59 Å². The first-order chi connectivity index (χ1) is 10.1. The van der Waals surface area contributed by atoms with Crippen LogP contribution in [-0.4, -0.2) is 31.0 Å². The van der Waals surface area contributed by atoms with E-state index in [0.29, 0.717) is 28.8 Å². The predicted molar refractivity (Wildman–Crippen MR) is 80.7 cm³/mol. The summed E-state index contributed by atoms with van der Waals surface area (Å²) in [6.45, 7) is 0.217. The van der Waals surface area contributed by atoms with E-state index in [1.165, 1.54) is 0 Å². The monoisotopic (exact) mass is 330 g/mol. The fourth-order valence-corrected chi connectivity index (χ4v) is 2.59. The Morgan fingerprint density at radius 2 is 2.10 bits per heavy atom. The second kappa shape index (κ2) is 7.52. The lowest BCUT2D eigenvalue weighted by molar-refractivity contribution is -0.125. The highest BCUT2D eigenvalue weighted by Crippen LogP contribution is 2.32. The Kier molecular flexibility index (Phi) is 5.70. The fourth-order valence-electron chi connectivity index (χ4n) is 2.08. The second-order valence-corrected chi connectivity index (χ2v) is 5.61. The molecule has 1 saturated heterocycles. The summed E-state index contributed by atoms with van der Waals surface area (Å²) in [5.41, 5.74) is 0. The topological polar surface area (TPSA) is 67.4 Å². The Hall–Kier alpha value is -1.46. The smallest absolute Gasteiger partial charge is 0.258 e. The minimum absolute atomic E-state index is 0.0147. The molecule has 2 rings (SSSR count). The molecule has 7 heteroatoms. The summed E-state index contributed by atoms with van der Waals surface area (Å²) in [7, 11) is 0. The maximum Gasteiger partial charge on any atom is 0.258 e. The summed E-state index contributed by atoms with van der Waals surface area (Å²) < 4.78 is 5.33. The molecule has 2 N–H and O–H groups in total. The molecule has 0 saturated carbocycles. The number of para-hydroxylation sites is 1. The van der Waals surface area contributed by atoms with Gasteiger partial charge in [0.15, 0.2) is 12.4 Å². The third kappa shape index (κ3) is 4.79. The number of nitrogens with one attached hydrogen (secondary N) is 2. The summed E-state index contributed by atoms with van der Waals surface area (Å²) in [6.07, 6.45) is 2.26. The molecule has 1 fully saturated rings. The Labute approximate surface area is 132 Å². The molecule has 1 aromatic carbocycles. The molecule has 21 heavy (non-hydrogen) atoms. The van der Waals surface area contributed by atoms with Crippen LogP contribution in [0.3, 0.4) is 0 Å². The summed E-state index contributed by atoms with van der Waals surface area (Å²) in [6, 6.07) is 4.96. The van der Waals surface area contributed by atoms with Crippen molar-refractivity contribution >= 4 is 35.0 Å². The van der Waals surface area contributed by atoms with Gasteiger partial charge in [0.25, 0.3) is 5.91 Å². The Balaban J connectivity index is 1.76. The van der Waals surface area contributed by atoms with Gasteiger partial charge in [0, 0.05) is 19.0 Å². The van der Waals surface area contributed by atoms with Crippen molar-refractivity contribution in [2.75, 3.05) is 13.2 Å². The SMILES string of the molecule is O=C(COc1c(Cl)cccc1Cl)NC[C@H]1CCCC(=O)N1. The maximum absolute atomic E-state index is 11.7. The molecule has 114 valence electrons. The largest absolute Gasteiger partial charge is 0.481 e. The minimum Gasteiger partial charge on any atom is -0.481 e. The van der Waals surface area contributed by atoms with Crippen molar-refractivity contribution in [2.24, 2.45) is 0 Å². The van der Waals surface area contributed by atoms with Gasteiger partial charge in [-0.2, -0.15) is 0 Å². The van der Waals surface area contributed by atoms with E-state index in [1.807, 2.05) is 0 Å². The average Bonchev–Trinajstić information content (AvgIpc) is 2.45. The molecule has 1 aromatic rings. The third-order valence-corrected chi connectivity index (χ3v) is 3.73. The van der Waals surface area contributed by atoms with Crippen LogP contribution in [0.4, 0.5) is 0 Å². The Bertz CT molecular complexity index is 517. The molecule has 0 bridgehead atoms. The van der Waals surface area contributed by atoms with Crippen LogP contribution >= 0.6 is 23.2 Å². The minimum atomic E-state index is -0.286. The van der Waals surface area contributed by atoms with E-state index >= 15 is 0 Å². The van der Waals surface area contributed by atoms with Crippen molar-refractivity contribution in [3.8, 4) is 5.75 Å². The van der Waals surface area contributed by atoms with E-state index in [9.17, 15) is 9.59 Å². The van der Waals surface area contributed by atoms with Crippen LogP contribution < -0.4 is 15.4 Å². The number of hydrogen-bond acceptors (Lipinski definition) is 3. The molecule has 1 atom stereocenters. The summed E-state index contributed by atoms with van der Waals surface area (Å²) >= 11 is 11.9. The Morgan fingerprint density at radius 1 is 1.38 bits per heavy atom. The summed E-state index contributed by atoms with van der Waals surface area (Å²) in [4.78, 5) is 23.0. The van der Waals surface area contributed by atoms with Crippen molar-refractivity contribution in [3.05, 3.63) is 28.2 Å². The van der Waals surface area contributed by atoms with Crippen molar-refractivity contribution < 1.29 is 14.3 Å². The van der Waals surface area contributed by atoms with E-state index in [1.54, 1.807) is 18.2 Å². The van der Waals surface area contributed by atoms with Crippen molar-refractivity contribution in [1.82, 2.24) is 10.6 Å². The predicted octanol–water partition coefficient (Wildman–Crippen LogP) is 2.16. The number of carbonyl (C=O) groups excluding carboxylic acids is 2. The van der Waals surface area contributed by atoms with Crippen molar-refractivity contribution in [3.63, 3.8) is 0 Å². The lowest BCUT2D eigenvalue weighted by Gasteiger charge is -2.23. The summed E-state index contributed by atoms with van der Waals surface area (Å²) in [5.74, 6) is 0.0346. The number of halogens is 2. The number of hydrogen-bond donors (Lipinski definition) is 2. The van der Waals surface area contributed by atoms with Gasteiger partial charge in [0.05, 0.1) is 10.0 Å². The lowest BCUT2D eigenvalue weighted by atomic mass is 10.0. The van der Waals surface area contributed by atoms with Gasteiger partial charge < -0.3 is 15.4 Å². The zero-order chi connectivity index (χ0) is 15.2. The van der Waals surface area contributed by atoms with Crippen LogP contribution in [-0.2, 0) is 9.59 Å². The van der Waals surface area contributed by atoms with Gasteiger partial charge >= 0.3 is 0 Å². The number of rotatable bonds is 5. The summed E-state index contributed by atoms with van der Waals surface area (Å²) in [5, 5.41) is 6.26. The number of benzene rings is 1. The van der Waals surface area contributed by atoms with Gasteiger partial charge in [0.1, 0.15) is 0 Å². The molecule has 2 amide bonds. The highest BCUT2D eigenvalue weighted by Gasteiger charge is 2.18. The first kappa shape index (κ1) is 15.9. The average molecular weight is 331 g/mol. The molecule has 1 aliphatic heterocycles. The van der Waals surface area contributed by atoms with Crippen molar-refractivity contribution in [2.45, 2.75) is 25.3 Å². The molecule has 0 spiro atoms. The maximum atomic E-state index is 11.7.